The van der Waals surface area contributed by atoms with Crippen LogP contribution in [-0.4, -0.2) is 67.8 Å². The van der Waals surface area contributed by atoms with Crippen LogP contribution in [0.3, 0.4) is 0 Å². The Kier molecular flexibility index (Phi) is 5.42. The molecule has 2 heterocycles. The lowest BCUT2D eigenvalue weighted by Gasteiger charge is -2.34. The number of hydrogen-bond donors (Lipinski definition) is 1. The van der Waals surface area contributed by atoms with E-state index < -0.39 is 0 Å². The Morgan fingerprint density at radius 2 is 2.00 bits per heavy atom. The summed E-state index contributed by atoms with van der Waals surface area (Å²) in [5.41, 5.74) is 5.98. The van der Waals surface area contributed by atoms with Crippen molar-refractivity contribution < 1.29 is 4.74 Å². The highest BCUT2D eigenvalue weighted by atomic mass is 16.5. The number of nitrogens with zero attached hydrogens (tertiary/aromatic N) is 2. The molecule has 0 bridgehead atoms. The third-order valence-corrected chi connectivity index (χ3v) is 4.77. The van der Waals surface area contributed by atoms with Gasteiger partial charge in [0.1, 0.15) is 0 Å². The van der Waals surface area contributed by atoms with Crippen molar-refractivity contribution in [3.05, 3.63) is 0 Å². The van der Waals surface area contributed by atoms with Crippen molar-refractivity contribution in [3.8, 4) is 0 Å². The van der Waals surface area contributed by atoms with E-state index in [1.807, 2.05) is 0 Å². The van der Waals surface area contributed by atoms with E-state index in [0.29, 0.717) is 12.0 Å². The molecule has 2 rings (SSSR count). The maximum absolute atomic E-state index is 5.98. The molecule has 2 aliphatic rings. The molecule has 2 fully saturated rings. The Morgan fingerprint density at radius 3 is 2.61 bits per heavy atom. The van der Waals surface area contributed by atoms with Gasteiger partial charge in [-0.05, 0) is 12.3 Å². The minimum absolute atomic E-state index is 0.570. The predicted molar refractivity (Wildman–Crippen MR) is 74.7 cm³/mol. The molecule has 3 atom stereocenters. The van der Waals surface area contributed by atoms with Crippen molar-refractivity contribution in [2.45, 2.75) is 38.8 Å². The Hall–Kier alpha value is -0.160. The largest absolute Gasteiger partial charge is 0.379 e. The molecule has 4 heteroatoms. The first kappa shape index (κ1) is 14.3. The number of hydrogen-bond acceptors (Lipinski definition) is 4. The highest BCUT2D eigenvalue weighted by Gasteiger charge is 2.33. The van der Waals surface area contributed by atoms with Crippen LogP contribution in [0.4, 0.5) is 0 Å². The molecule has 0 spiro atoms. The maximum Gasteiger partial charge on any atom is 0.0594 e. The molecule has 0 amide bonds. The maximum atomic E-state index is 5.98. The summed E-state index contributed by atoms with van der Waals surface area (Å²) in [5.74, 6) is 0.707. The molecule has 106 valence electrons. The van der Waals surface area contributed by atoms with Crippen LogP contribution in [0.2, 0.25) is 0 Å². The van der Waals surface area contributed by atoms with Crippen molar-refractivity contribution in [1.82, 2.24) is 9.80 Å². The molecule has 18 heavy (non-hydrogen) atoms. The van der Waals surface area contributed by atoms with Crippen molar-refractivity contribution >= 4 is 0 Å². The molecule has 4 nitrogen and oxygen atoms in total. The monoisotopic (exact) mass is 255 g/mol. The molecule has 0 aromatic rings. The van der Waals surface area contributed by atoms with Gasteiger partial charge in [-0.1, -0.05) is 20.3 Å². The summed E-state index contributed by atoms with van der Waals surface area (Å²) in [6, 6.07) is 1.30. The van der Waals surface area contributed by atoms with Crippen LogP contribution in [0.1, 0.15) is 26.7 Å². The standard InChI is InChI=1S/C14H29N3O/c1-3-12(2)14(10-15)17-5-4-13(11-17)16-6-8-18-9-7-16/h12-14H,3-11,15H2,1-2H3. The molecule has 0 aromatic heterocycles. The first-order valence-corrected chi connectivity index (χ1v) is 7.52. The van der Waals surface area contributed by atoms with Crippen LogP contribution in [0.5, 0.6) is 0 Å². The summed E-state index contributed by atoms with van der Waals surface area (Å²) in [7, 11) is 0. The lowest BCUT2D eigenvalue weighted by molar-refractivity contribution is 0.0170. The van der Waals surface area contributed by atoms with Crippen molar-refractivity contribution in [1.29, 1.82) is 0 Å². The predicted octanol–water partition coefficient (Wildman–Crippen LogP) is 0.766. The Labute approximate surface area is 111 Å². The van der Waals surface area contributed by atoms with E-state index in [-0.39, 0.29) is 0 Å². The van der Waals surface area contributed by atoms with Crippen LogP contribution in [0, 0.1) is 5.92 Å². The molecule has 0 aromatic carbocycles. The van der Waals surface area contributed by atoms with Crippen LogP contribution in [-0.2, 0) is 4.74 Å². The van der Waals surface area contributed by atoms with Crippen LogP contribution < -0.4 is 5.73 Å². The van der Waals surface area contributed by atoms with E-state index in [9.17, 15) is 0 Å². The molecule has 0 aliphatic carbocycles. The summed E-state index contributed by atoms with van der Waals surface area (Å²) in [6.45, 7) is 11.8. The molecular formula is C14H29N3O. The molecule has 3 unspecified atom stereocenters. The van der Waals surface area contributed by atoms with Gasteiger partial charge in [-0.15, -0.1) is 0 Å². The number of likely N-dealkylation sites (tertiary alicyclic amines) is 1. The second kappa shape index (κ2) is 6.85. The van der Waals surface area contributed by atoms with E-state index in [1.54, 1.807) is 0 Å². The molecule has 0 radical (unpaired) electrons. The van der Waals surface area contributed by atoms with Gasteiger partial charge in [0.2, 0.25) is 0 Å². The van der Waals surface area contributed by atoms with E-state index >= 15 is 0 Å². The Bertz CT molecular complexity index is 243. The number of nitrogens with two attached hydrogens (primary N) is 1. The van der Waals surface area contributed by atoms with Gasteiger partial charge in [-0.25, -0.2) is 0 Å². The van der Waals surface area contributed by atoms with Crippen LogP contribution >= 0.6 is 0 Å². The number of morpholine rings is 1. The van der Waals surface area contributed by atoms with E-state index in [4.69, 9.17) is 10.5 Å². The minimum Gasteiger partial charge on any atom is -0.379 e. The van der Waals surface area contributed by atoms with Crippen molar-refractivity contribution in [2.24, 2.45) is 11.7 Å². The fourth-order valence-electron chi connectivity index (χ4n) is 3.32. The highest BCUT2D eigenvalue weighted by molar-refractivity contribution is 4.89. The normalized spacial score (nSPS) is 30.5. The summed E-state index contributed by atoms with van der Waals surface area (Å²) < 4.78 is 5.44. The fourth-order valence-corrected chi connectivity index (χ4v) is 3.32. The summed E-state index contributed by atoms with van der Waals surface area (Å²) in [6.07, 6.45) is 2.52. The smallest absolute Gasteiger partial charge is 0.0594 e. The first-order chi connectivity index (χ1) is 8.76. The Balaban J connectivity index is 1.86. The highest BCUT2D eigenvalue weighted by Crippen LogP contribution is 2.23. The quantitative estimate of drug-likeness (QED) is 0.788. The second-order valence-corrected chi connectivity index (χ2v) is 5.77. The zero-order valence-corrected chi connectivity index (χ0v) is 12.0. The molecule has 0 saturated carbocycles. The minimum atomic E-state index is 0.570. The summed E-state index contributed by atoms with van der Waals surface area (Å²) >= 11 is 0. The van der Waals surface area contributed by atoms with Gasteiger partial charge in [0.25, 0.3) is 0 Å². The lowest BCUT2D eigenvalue weighted by atomic mass is 9.98. The van der Waals surface area contributed by atoms with Crippen LogP contribution in [0.25, 0.3) is 0 Å². The number of rotatable bonds is 5. The van der Waals surface area contributed by atoms with E-state index in [0.717, 1.165) is 38.9 Å². The van der Waals surface area contributed by atoms with Gasteiger partial charge in [-0.3, -0.25) is 9.80 Å². The molecule has 2 N–H and O–H groups in total. The van der Waals surface area contributed by atoms with Gasteiger partial charge < -0.3 is 10.5 Å². The van der Waals surface area contributed by atoms with Crippen molar-refractivity contribution in [3.63, 3.8) is 0 Å². The Morgan fingerprint density at radius 1 is 1.28 bits per heavy atom. The lowest BCUT2D eigenvalue weighted by Crippen LogP contribution is -2.48. The molecular weight excluding hydrogens is 226 g/mol. The SMILES string of the molecule is CCC(C)C(CN)N1CCC(N2CCOCC2)C1. The number of ether oxygens (including phenoxy) is 1. The van der Waals surface area contributed by atoms with Crippen molar-refractivity contribution in [2.75, 3.05) is 45.9 Å². The molecule has 2 aliphatic heterocycles. The van der Waals surface area contributed by atoms with Crippen LogP contribution in [0.15, 0.2) is 0 Å². The average Bonchev–Trinajstić information content (AvgIpc) is 2.90. The first-order valence-electron chi connectivity index (χ1n) is 7.52. The van der Waals surface area contributed by atoms with Gasteiger partial charge in [0.05, 0.1) is 13.2 Å². The zero-order valence-electron chi connectivity index (χ0n) is 12.0. The van der Waals surface area contributed by atoms with Gasteiger partial charge >= 0.3 is 0 Å². The van der Waals surface area contributed by atoms with Gasteiger partial charge in [-0.2, -0.15) is 0 Å². The topological polar surface area (TPSA) is 41.7 Å². The third-order valence-electron chi connectivity index (χ3n) is 4.77. The summed E-state index contributed by atoms with van der Waals surface area (Å²) in [5, 5.41) is 0. The van der Waals surface area contributed by atoms with E-state index in [1.165, 1.54) is 25.9 Å². The van der Waals surface area contributed by atoms with Gasteiger partial charge in [0, 0.05) is 44.8 Å². The van der Waals surface area contributed by atoms with Gasteiger partial charge in [0.15, 0.2) is 0 Å². The summed E-state index contributed by atoms with van der Waals surface area (Å²) in [4.78, 5) is 5.22. The van der Waals surface area contributed by atoms with E-state index in [2.05, 4.69) is 23.6 Å². The molecule has 2 saturated heterocycles. The third kappa shape index (κ3) is 3.23. The zero-order chi connectivity index (χ0) is 13.0. The fraction of sp³-hybridized carbons (Fsp3) is 1.00. The average molecular weight is 255 g/mol. The second-order valence-electron chi connectivity index (χ2n) is 5.77.